The zero-order chi connectivity index (χ0) is 29.2. The molecule has 0 amide bonds. The Labute approximate surface area is 235 Å². The van der Waals surface area contributed by atoms with E-state index in [1.807, 2.05) is 0 Å². The van der Waals surface area contributed by atoms with Gasteiger partial charge in [-0.3, -0.25) is 9.69 Å². The van der Waals surface area contributed by atoms with Crippen LogP contribution in [0.1, 0.15) is 56.1 Å². The van der Waals surface area contributed by atoms with E-state index in [1.165, 1.54) is 18.5 Å². The van der Waals surface area contributed by atoms with Crippen LogP contribution in [0.15, 0.2) is 30.6 Å². The Hall–Kier alpha value is -3.03. The van der Waals surface area contributed by atoms with Gasteiger partial charge in [0.15, 0.2) is 11.6 Å². The van der Waals surface area contributed by atoms with E-state index >= 15 is 4.39 Å². The molecule has 1 aromatic heterocycles. The van der Waals surface area contributed by atoms with Crippen molar-refractivity contribution in [2.75, 3.05) is 36.5 Å². The van der Waals surface area contributed by atoms with Crippen LogP contribution in [0.4, 0.5) is 29.2 Å². The summed E-state index contributed by atoms with van der Waals surface area (Å²) in [6, 6.07) is 4.35. The number of ether oxygens (including phenoxy) is 1. The summed E-state index contributed by atoms with van der Waals surface area (Å²) >= 11 is 0. The number of nitrogens with one attached hydrogen (secondary N) is 1. The number of anilines is 2. The highest BCUT2D eigenvalue weighted by Gasteiger charge is 2.46. The van der Waals surface area contributed by atoms with Crippen LogP contribution in [0, 0.1) is 5.82 Å². The fourth-order valence-electron chi connectivity index (χ4n) is 6.11. The number of carboxylic acid groups (broad SMARTS) is 1. The topological polar surface area (TPSA) is 111 Å². The number of hydrogen-bond acceptors (Lipinski definition) is 8. The van der Waals surface area contributed by atoms with Crippen molar-refractivity contribution in [3.8, 4) is 0 Å². The number of halogens is 4. The predicted octanol–water partition coefficient (Wildman–Crippen LogP) is 4.06. The molecule has 1 aromatic carbocycles. The average molecular weight is 582 g/mol. The van der Waals surface area contributed by atoms with Gasteiger partial charge in [0.05, 0.1) is 24.1 Å². The second-order valence-corrected chi connectivity index (χ2v) is 11.2. The molecule has 0 spiro atoms. The molecule has 3 aliphatic rings. The Morgan fingerprint density at radius 1 is 1.15 bits per heavy atom. The number of alkyl halides is 3. The minimum Gasteiger partial charge on any atom is -0.481 e. The molecule has 2 aliphatic heterocycles. The SMILES string of the molecule is O=C(O)CC1(N2CCC[C@@H](O)C2CNc2ncnc(N(Cc3ccc(C(F)(F)F)cc3)C3CC3)c2F)CCOCC1. The molecule has 41 heavy (non-hydrogen) atoms. The van der Waals surface area contributed by atoms with Crippen molar-refractivity contribution in [3.63, 3.8) is 0 Å². The number of hydrogen-bond donors (Lipinski definition) is 3. The van der Waals surface area contributed by atoms with Crippen LogP contribution in [-0.4, -0.2) is 81.1 Å². The Morgan fingerprint density at radius 3 is 2.49 bits per heavy atom. The standard InChI is InChI=1S/C28H35F4N5O4/c29-24-25(33-15-21-22(38)2-1-11-37(21)27(14-23(39)40)9-12-41-13-10-27)34-17-35-26(24)36(20-7-8-20)16-18-3-5-19(6-4-18)28(30,31)32/h3-6,17,20-22,38H,1-2,7-16H2,(H,39,40)(H,33,34,35)/t21?,22-/m1/s1. The summed E-state index contributed by atoms with van der Waals surface area (Å²) in [5, 5.41) is 23.7. The molecule has 3 fully saturated rings. The quantitative estimate of drug-likeness (QED) is 0.358. The maximum absolute atomic E-state index is 15.8. The number of carboxylic acids is 1. The minimum absolute atomic E-state index is 0.00889. The Bertz CT molecular complexity index is 1200. The lowest BCUT2D eigenvalue weighted by Gasteiger charge is -2.52. The summed E-state index contributed by atoms with van der Waals surface area (Å²) in [6.45, 7) is 1.79. The average Bonchev–Trinajstić information content (AvgIpc) is 3.77. The first kappa shape index (κ1) is 29.5. The number of carbonyl (C=O) groups is 1. The Morgan fingerprint density at radius 2 is 1.85 bits per heavy atom. The first-order chi connectivity index (χ1) is 19.6. The lowest BCUT2D eigenvalue weighted by atomic mass is 9.80. The fraction of sp³-hybridized carbons (Fsp3) is 0.607. The monoisotopic (exact) mass is 581 g/mol. The molecule has 1 saturated carbocycles. The minimum atomic E-state index is -4.44. The highest BCUT2D eigenvalue weighted by Crippen LogP contribution is 2.38. The van der Waals surface area contributed by atoms with E-state index in [2.05, 4.69) is 20.2 Å². The lowest BCUT2D eigenvalue weighted by Crippen LogP contribution is -2.63. The maximum Gasteiger partial charge on any atom is 0.416 e. The zero-order valence-electron chi connectivity index (χ0n) is 22.6. The van der Waals surface area contributed by atoms with Gasteiger partial charge in [-0.25, -0.2) is 9.97 Å². The first-order valence-electron chi connectivity index (χ1n) is 14.0. The molecule has 3 heterocycles. The summed E-state index contributed by atoms with van der Waals surface area (Å²) < 4.78 is 60.3. The van der Waals surface area contributed by atoms with Gasteiger partial charge in [-0.15, -0.1) is 0 Å². The Kier molecular flexibility index (Phi) is 8.67. The van der Waals surface area contributed by atoms with Crippen molar-refractivity contribution >= 4 is 17.6 Å². The second kappa shape index (κ2) is 12.1. The number of aliphatic carboxylic acids is 1. The number of aliphatic hydroxyl groups is 1. The van der Waals surface area contributed by atoms with Crippen molar-refractivity contribution < 1.29 is 37.3 Å². The number of benzene rings is 1. The molecule has 0 radical (unpaired) electrons. The van der Waals surface area contributed by atoms with Crippen molar-refractivity contribution in [1.29, 1.82) is 0 Å². The summed E-state index contributed by atoms with van der Waals surface area (Å²) in [6.07, 6.45) is -0.0892. The zero-order valence-corrected chi connectivity index (χ0v) is 22.6. The normalized spacial score (nSPS) is 23.2. The molecule has 0 bridgehead atoms. The number of likely N-dealkylation sites (tertiary alicyclic amines) is 1. The van der Waals surface area contributed by atoms with Crippen LogP contribution in [0.2, 0.25) is 0 Å². The lowest BCUT2D eigenvalue weighted by molar-refractivity contribution is -0.147. The molecule has 1 unspecified atom stereocenters. The fourth-order valence-corrected chi connectivity index (χ4v) is 6.11. The van der Waals surface area contributed by atoms with E-state index in [9.17, 15) is 28.2 Å². The summed E-state index contributed by atoms with van der Waals surface area (Å²) in [5.41, 5.74) is -0.820. The van der Waals surface area contributed by atoms with Crippen LogP contribution in [-0.2, 0) is 22.3 Å². The first-order valence-corrected chi connectivity index (χ1v) is 14.0. The van der Waals surface area contributed by atoms with Gasteiger partial charge in [0.2, 0.25) is 5.82 Å². The third kappa shape index (κ3) is 6.73. The highest BCUT2D eigenvalue weighted by atomic mass is 19.4. The second-order valence-electron chi connectivity index (χ2n) is 11.2. The largest absolute Gasteiger partial charge is 0.481 e. The predicted molar refractivity (Wildman–Crippen MR) is 142 cm³/mol. The van der Waals surface area contributed by atoms with E-state index in [4.69, 9.17) is 4.74 Å². The molecule has 224 valence electrons. The van der Waals surface area contributed by atoms with Gasteiger partial charge >= 0.3 is 12.1 Å². The number of nitrogens with zero attached hydrogens (tertiary/aromatic N) is 4. The molecule has 5 rings (SSSR count). The molecule has 1 aliphatic carbocycles. The molecule has 3 N–H and O–H groups in total. The van der Waals surface area contributed by atoms with E-state index < -0.39 is 41.2 Å². The summed E-state index contributed by atoms with van der Waals surface area (Å²) in [7, 11) is 0. The molecule has 13 heteroatoms. The van der Waals surface area contributed by atoms with E-state index in [-0.39, 0.29) is 37.2 Å². The van der Waals surface area contributed by atoms with Gasteiger partial charge in [-0.2, -0.15) is 17.6 Å². The number of aliphatic hydroxyl groups excluding tert-OH is 1. The van der Waals surface area contributed by atoms with Crippen molar-refractivity contribution in [2.45, 2.75) is 81.4 Å². The van der Waals surface area contributed by atoms with Gasteiger partial charge < -0.3 is 25.2 Å². The molecular formula is C28H35F4N5O4. The van der Waals surface area contributed by atoms with E-state index in [0.29, 0.717) is 51.0 Å². The number of piperidine rings is 1. The van der Waals surface area contributed by atoms with Gasteiger partial charge in [0.1, 0.15) is 6.33 Å². The van der Waals surface area contributed by atoms with E-state index in [1.54, 1.807) is 4.90 Å². The molecule has 9 nitrogen and oxygen atoms in total. The molecule has 2 atom stereocenters. The van der Waals surface area contributed by atoms with Gasteiger partial charge in [-0.05, 0) is 62.8 Å². The smallest absolute Gasteiger partial charge is 0.416 e. The van der Waals surface area contributed by atoms with Gasteiger partial charge in [0.25, 0.3) is 0 Å². The van der Waals surface area contributed by atoms with Crippen molar-refractivity contribution in [2.24, 2.45) is 0 Å². The third-order valence-corrected chi connectivity index (χ3v) is 8.40. The van der Waals surface area contributed by atoms with E-state index in [0.717, 1.165) is 25.0 Å². The highest BCUT2D eigenvalue weighted by molar-refractivity contribution is 5.68. The number of rotatable bonds is 10. The summed E-state index contributed by atoms with van der Waals surface area (Å²) in [4.78, 5) is 23.9. The van der Waals surface area contributed by atoms with Gasteiger partial charge in [0, 0.05) is 37.9 Å². The van der Waals surface area contributed by atoms with Crippen molar-refractivity contribution in [1.82, 2.24) is 14.9 Å². The van der Waals surface area contributed by atoms with Crippen LogP contribution in [0.3, 0.4) is 0 Å². The molecule has 2 aromatic rings. The Balaban J connectivity index is 1.34. The number of aromatic nitrogens is 2. The van der Waals surface area contributed by atoms with Crippen LogP contribution >= 0.6 is 0 Å². The van der Waals surface area contributed by atoms with Crippen LogP contribution in [0.5, 0.6) is 0 Å². The molecule has 2 saturated heterocycles. The third-order valence-electron chi connectivity index (χ3n) is 8.40. The van der Waals surface area contributed by atoms with Gasteiger partial charge in [-0.1, -0.05) is 12.1 Å². The molecular weight excluding hydrogens is 546 g/mol. The summed E-state index contributed by atoms with van der Waals surface area (Å²) in [5.74, 6) is -1.60. The van der Waals surface area contributed by atoms with Crippen LogP contribution < -0.4 is 10.2 Å². The maximum atomic E-state index is 15.8. The van der Waals surface area contributed by atoms with Crippen molar-refractivity contribution in [3.05, 3.63) is 47.5 Å². The van der Waals surface area contributed by atoms with Crippen LogP contribution in [0.25, 0.3) is 0 Å².